The lowest BCUT2D eigenvalue weighted by molar-refractivity contribution is -0.384. The molecule has 2 rings (SSSR count). The zero-order valence-corrected chi connectivity index (χ0v) is 11.9. The van der Waals surface area contributed by atoms with Crippen molar-refractivity contribution >= 4 is 17.3 Å². The Labute approximate surface area is 127 Å². The lowest BCUT2D eigenvalue weighted by Crippen LogP contribution is -2.24. The minimum absolute atomic E-state index is 0.143. The molecule has 2 aromatic rings. The molecule has 0 atom stereocenters. The molecule has 0 bridgehead atoms. The summed E-state index contributed by atoms with van der Waals surface area (Å²) in [6, 6.07) is 13.3. The number of amides is 1. The molecule has 0 spiro atoms. The summed E-state index contributed by atoms with van der Waals surface area (Å²) in [5.74, 6) is -0.552. The van der Waals surface area contributed by atoms with Crippen LogP contribution in [0.4, 0.5) is 11.4 Å². The number of nitro groups is 1. The van der Waals surface area contributed by atoms with E-state index in [0.29, 0.717) is 5.69 Å². The first kappa shape index (κ1) is 15.5. The first-order valence-electron chi connectivity index (χ1n) is 6.54. The van der Waals surface area contributed by atoms with Crippen molar-refractivity contribution in [1.29, 1.82) is 0 Å². The van der Waals surface area contributed by atoms with Crippen LogP contribution >= 0.6 is 0 Å². The van der Waals surface area contributed by atoms with Gasteiger partial charge in [-0.15, -0.1) is 0 Å². The van der Waals surface area contributed by atoms with Crippen molar-refractivity contribution in [2.45, 2.75) is 6.61 Å². The molecule has 0 fully saturated rings. The minimum Gasteiger partial charge on any atom is -0.387 e. The number of nitro benzene ring substituents is 1. The van der Waals surface area contributed by atoms with Crippen LogP contribution in [-0.2, 0) is 11.4 Å². The van der Waals surface area contributed by atoms with E-state index in [4.69, 9.17) is 4.84 Å². The zero-order valence-electron chi connectivity index (χ0n) is 11.9. The van der Waals surface area contributed by atoms with Crippen molar-refractivity contribution < 1.29 is 14.6 Å². The summed E-state index contributed by atoms with van der Waals surface area (Å²) in [5, 5.41) is 13.6. The van der Waals surface area contributed by atoms with Gasteiger partial charge in [-0.2, -0.15) is 0 Å². The summed E-state index contributed by atoms with van der Waals surface area (Å²) in [6.45, 7) is 0.205. The van der Waals surface area contributed by atoms with Gasteiger partial charge < -0.3 is 5.32 Å². The Bertz CT molecular complexity index is 674. The molecule has 0 aliphatic carbocycles. The zero-order chi connectivity index (χ0) is 15.9. The van der Waals surface area contributed by atoms with Crippen molar-refractivity contribution in [3.63, 3.8) is 0 Å². The molecule has 0 unspecified atom stereocenters. The number of hydrogen-bond acceptors (Lipinski definition) is 5. The number of hydrogen-bond donors (Lipinski definition) is 2. The second-order valence-electron chi connectivity index (χ2n) is 4.44. The van der Waals surface area contributed by atoms with E-state index in [2.05, 4.69) is 10.8 Å². The molecule has 0 aliphatic rings. The highest BCUT2D eigenvalue weighted by atomic mass is 16.7. The number of non-ortho nitro benzene ring substituents is 1. The van der Waals surface area contributed by atoms with Gasteiger partial charge in [0.25, 0.3) is 11.6 Å². The van der Waals surface area contributed by atoms with Crippen LogP contribution in [0.25, 0.3) is 0 Å². The lowest BCUT2D eigenvalue weighted by Gasteiger charge is -2.10. The molecule has 0 saturated carbocycles. The fraction of sp³-hybridized carbons (Fsp3) is 0.133. The van der Waals surface area contributed by atoms with Crippen LogP contribution in [0.5, 0.6) is 0 Å². The van der Waals surface area contributed by atoms with Gasteiger partial charge in [-0.05, 0) is 11.6 Å². The van der Waals surface area contributed by atoms with Gasteiger partial charge in [-0.25, -0.2) is 5.48 Å². The summed E-state index contributed by atoms with van der Waals surface area (Å²) < 4.78 is 0. The molecular formula is C15H15N3O4. The van der Waals surface area contributed by atoms with Crippen LogP contribution in [0.2, 0.25) is 0 Å². The molecular weight excluding hydrogens is 286 g/mol. The van der Waals surface area contributed by atoms with Gasteiger partial charge in [0.1, 0.15) is 0 Å². The van der Waals surface area contributed by atoms with E-state index in [1.54, 1.807) is 7.05 Å². The quantitative estimate of drug-likeness (QED) is 0.631. The Morgan fingerprint density at radius 1 is 1.23 bits per heavy atom. The highest BCUT2D eigenvalue weighted by Gasteiger charge is 2.16. The van der Waals surface area contributed by atoms with Crippen molar-refractivity contribution in [3.8, 4) is 0 Å². The van der Waals surface area contributed by atoms with E-state index in [-0.39, 0.29) is 17.9 Å². The number of hydroxylamine groups is 1. The van der Waals surface area contributed by atoms with Crippen LogP contribution in [0.3, 0.4) is 0 Å². The number of nitrogens with zero attached hydrogens (tertiary/aromatic N) is 1. The number of anilines is 1. The summed E-state index contributed by atoms with van der Waals surface area (Å²) in [5.41, 5.74) is 3.65. The first-order chi connectivity index (χ1) is 10.6. The third kappa shape index (κ3) is 3.80. The summed E-state index contributed by atoms with van der Waals surface area (Å²) >= 11 is 0. The normalized spacial score (nSPS) is 10.0. The van der Waals surface area contributed by atoms with Crippen LogP contribution in [-0.4, -0.2) is 17.9 Å². The topological polar surface area (TPSA) is 93.5 Å². The molecule has 114 valence electrons. The van der Waals surface area contributed by atoms with Crippen LogP contribution in [0.1, 0.15) is 15.9 Å². The Kier molecular flexibility index (Phi) is 5.05. The predicted octanol–water partition coefficient (Wildman–Crippen LogP) is 2.50. The monoisotopic (exact) mass is 301 g/mol. The third-order valence-electron chi connectivity index (χ3n) is 2.97. The molecule has 0 aromatic heterocycles. The maximum absolute atomic E-state index is 12.1. The smallest absolute Gasteiger partial charge is 0.277 e. The van der Waals surface area contributed by atoms with E-state index >= 15 is 0 Å². The number of carbonyl (C=O) groups excluding carboxylic acids is 1. The molecule has 0 radical (unpaired) electrons. The highest BCUT2D eigenvalue weighted by molar-refractivity contribution is 5.99. The van der Waals surface area contributed by atoms with Crippen molar-refractivity contribution in [3.05, 3.63) is 69.8 Å². The summed E-state index contributed by atoms with van der Waals surface area (Å²) in [4.78, 5) is 27.5. The van der Waals surface area contributed by atoms with Gasteiger partial charge in [0.05, 0.1) is 17.1 Å². The van der Waals surface area contributed by atoms with Crippen LogP contribution in [0.15, 0.2) is 48.5 Å². The highest BCUT2D eigenvalue weighted by Crippen LogP contribution is 2.21. The predicted molar refractivity (Wildman–Crippen MR) is 81.3 cm³/mol. The lowest BCUT2D eigenvalue weighted by atomic mass is 10.1. The second-order valence-corrected chi connectivity index (χ2v) is 4.44. The van der Waals surface area contributed by atoms with Gasteiger partial charge in [-0.3, -0.25) is 19.7 Å². The molecule has 0 heterocycles. The molecule has 0 aliphatic heterocycles. The molecule has 1 amide bonds. The van der Waals surface area contributed by atoms with Gasteiger partial charge >= 0.3 is 0 Å². The van der Waals surface area contributed by atoms with Gasteiger partial charge in [-0.1, -0.05) is 30.3 Å². The standard InChI is InChI=1S/C15H15N3O4/c1-16-14-8-7-12(18(20)21)9-13(14)15(19)17-22-10-11-5-3-2-4-6-11/h2-9,16H,10H2,1H3,(H,17,19). The van der Waals surface area contributed by atoms with Gasteiger partial charge in [0, 0.05) is 24.9 Å². The second kappa shape index (κ2) is 7.19. The Hall–Kier alpha value is -2.93. The van der Waals surface area contributed by atoms with Crippen LogP contribution in [0, 0.1) is 10.1 Å². The van der Waals surface area contributed by atoms with Gasteiger partial charge in [0.2, 0.25) is 0 Å². The first-order valence-corrected chi connectivity index (χ1v) is 6.54. The molecule has 7 nitrogen and oxygen atoms in total. The number of nitrogens with one attached hydrogen (secondary N) is 2. The maximum atomic E-state index is 12.1. The maximum Gasteiger partial charge on any atom is 0.277 e. The van der Waals surface area contributed by atoms with Crippen molar-refractivity contribution in [2.24, 2.45) is 0 Å². The number of benzene rings is 2. The van der Waals surface area contributed by atoms with E-state index in [9.17, 15) is 14.9 Å². The van der Waals surface area contributed by atoms with Crippen molar-refractivity contribution in [1.82, 2.24) is 5.48 Å². The van der Waals surface area contributed by atoms with E-state index < -0.39 is 10.8 Å². The Morgan fingerprint density at radius 2 is 1.95 bits per heavy atom. The molecule has 2 aromatic carbocycles. The number of rotatable bonds is 6. The van der Waals surface area contributed by atoms with Crippen molar-refractivity contribution in [2.75, 3.05) is 12.4 Å². The summed E-state index contributed by atoms with van der Waals surface area (Å²) in [7, 11) is 1.63. The largest absolute Gasteiger partial charge is 0.387 e. The van der Waals surface area contributed by atoms with E-state index in [1.807, 2.05) is 30.3 Å². The van der Waals surface area contributed by atoms with E-state index in [1.165, 1.54) is 18.2 Å². The fourth-order valence-corrected chi connectivity index (χ4v) is 1.87. The Morgan fingerprint density at radius 3 is 2.59 bits per heavy atom. The average Bonchev–Trinajstić information content (AvgIpc) is 2.55. The molecule has 0 saturated heterocycles. The molecule has 2 N–H and O–H groups in total. The van der Waals surface area contributed by atoms with E-state index in [0.717, 1.165) is 5.56 Å². The molecule has 7 heteroatoms. The average molecular weight is 301 g/mol. The van der Waals surface area contributed by atoms with Gasteiger partial charge in [0.15, 0.2) is 0 Å². The third-order valence-corrected chi connectivity index (χ3v) is 2.97. The van der Waals surface area contributed by atoms with Crippen LogP contribution < -0.4 is 10.8 Å². The molecule has 22 heavy (non-hydrogen) atoms. The SMILES string of the molecule is CNc1ccc([N+](=O)[O-])cc1C(=O)NOCc1ccccc1. The summed E-state index contributed by atoms with van der Waals surface area (Å²) in [6.07, 6.45) is 0. The number of carbonyl (C=O) groups is 1. The minimum atomic E-state index is -0.555. The fourth-order valence-electron chi connectivity index (χ4n) is 1.87. The Balaban J connectivity index is 2.05.